The normalized spacial score (nSPS) is 11.5. The number of benzene rings is 1. The Bertz CT molecular complexity index is 1110. The highest BCUT2D eigenvalue weighted by Crippen LogP contribution is 2.40. The first-order valence-electron chi connectivity index (χ1n) is 8.47. The van der Waals surface area contributed by atoms with Crippen molar-refractivity contribution in [1.29, 1.82) is 0 Å². The van der Waals surface area contributed by atoms with Gasteiger partial charge >= 0.3 is 0 Å². The van der Waals surface area contributed by atoms with Crippen LogP contribution in [0.5, 0.6) is 0 Å². The molecule has 0 atom stereocenters. The topological polar surface area (TPSA) is 83.6 Å². The smallest absolute Gasteiger partial charge is 0.195 e. The number of fused-ring (bicyclic) bond motifs is 1. The summed E-state index contributed by atoms with van der Waals surface area (Å²) in [5, 5.41) is 18.0. The quantitative estimate of drug-likeness (QED) is 0.506. The van der Waals surface area contributed by atoms with Crippen LogP contribution in [0.2, 0.25) is 0 Å². The number of hydrogen-bond donors (Lipinski definition) is 1. The molecule has 0 spiro atoms. The fraction of sp³-hybridized carbons (Fsp3) is 0.150. The van der Waals surface area contributed by atoms with Gasteiger partial charge in [0.05, 0.1) is 18.7 Å². The molecule has 1 aromatic carbocycles. The molecule has 134 valence electrons. The molecule has 7 heteroatoms. The average molecular weight is 375 g/mol. The first-order chi connectivity index (χ1) is 13.3. The molecule has 6 nitrogen and oxygen atoms in total. The molecule has 0 saturated heterocycles. The van der Waals surface area contributed by atoms with Crippen LogP contribution in [0.25, 0.3) is 20.7 Å². The van der Waals surface area contributed by atoms with Crippen molar-refractivity contribution < 1.29 is 5.11 Å². The van der Waals surface area contributed by atoms with Gasteiger partial charge in [-0.15, -0.1) is 16.5 Å². The maximum Gasteiger partial charge on any atom is 0.195 e. The third-order valence-electron chi connectivity index (χ3n) is 4.20. The highest BCUT2D eigenvalue weighted by molar-refractivity contribution is 7.23. The second kappa shape index (κ2) is 7.69. The third-order valence-corrected chi connectivity index (χ3v) is 5.52. The lowest BCUT2D eigenvalue weighted by Gasteiger charge is -2.02. The van der Waals surface area contributed by atoms with Gasteiger partial charge in [-0.3, -0.25) is 4.98 Å². The Morgan fingerprint density at radius 1 is 1.11 bits per heavy atom. The summed E-state index contributed by atoms with van der Waals surface area (Å²) in [6, 6.07) is 11.7. The maximum atomic E-state index is 9.40. The summed E-state index contributed by atoms with van der Waals surface area (Å²) < 4.78 is 0.911. The van der Waals surface area contributed by atoms with Gasteiger partial charge in [0.15, 0.2) is 5.82 Å². The summed E-state index contributed by atoms with van der Waals surface area (Å²) in [6.07, 6.45) is 5.03. The van der Waals surface area contributed by atoms with Gasteiger partial charge < -0.3 is 5.11 Å². The van der Waals surface area contributed by atoms with E-state index < -0.39 is 0 Å². The average Bonchev–Trinajstić information content (AvgIpc) is 3.06. The van der Waals surface area contributed by atoms with Gasteiger partial charge in [-0.2, -0.15) is 5.11 Å². The molecule has 0 aliphatic carbocycles. The van der Waals surface area contributed by atoms with Crippen LogP contribution in [0.4, 0.5) is 5.82 Å². The molecule has 3 heterocycles. The van der Waals surface area contributed by atoms with E-state index in [1.807, 2.05) is 43.3 Å². The number of nitrogens with zero attached hydrogens (tertiary/aromatic N) is 5. The number of hydrogen-bond acceptors (Lipinski definition) is 7. The van der Waals surface area contributed by atoms with E-state index in [2.05, 4.69) is 25.2 Å². The highest BCUT2D eigenvalue weighted by atomic mass is 32.1. The van der Waals surface area contributed by atoms with E-state index in [-0.39, 0.29) is 6.61 Å². The molecule has 27 heavy (non-hydrogen) atoms. The van der Waals surface area contributed by atoms with Crippen LogP contribution < -0.4 is 0 Å². The van der Waals surface area contributed by atoms with E-state index in [4.69, 9.17) is 0 Å². The summed E-state index contributed by atoms with van der Waals surface area (Å²) in [5.41, 5.74) is 4.90. The van der Waals surface area contributed by atoms with Crippen molar-refractivity contribution in [3.8, 4) is 10.4 Å². The minimum Gasteiger partial charge on any atom is -0.392 e. The van der Waals surface area contributed by atoms with Crippen molar-refractivity contribution in [3.05, 3.63) is 71.8 Å². The summed E-state index contributed by atoms with van der Waals surface area (Å²) in [5.74, 6) is 0.571. The minimum atomic E-state index is 0.0192. The van der Waals surface area contributed by atoms with E-state index in [9.17, 15) is 5.11 Å². The predicted octanol–water partition coefficient (Wildman–Crippen LogP) is 4.84. The molecule has 0 aliphatic heterocycles. The van der Waals surface area contributed by atoms with Crippen molar-refractivity contribution >= 4 is 27.4 Å². The van der Waals surface area contributed by atoms with Crippen molar-refractivity contribution in [2.45, 2.75) is 20.1 Å². The molecule has 1 N–H and O–H groups in total. The fourth-order valence-corrected chi connectivity index (χ4v) is 4.03. The zero-order valence-corrected chi connectivity index (χ0v) is 15.5. The number of rotatable bonds is 5. The number of thiophene rings is 1. The summed E-state index contributed by atoms with van der Waals surface area (Å²) in [4.78, 5) is 13.9. The van der Waals surface area contributed by atoms with Crippen molar-refractivity contribution in [2.75, 3.05) is 0 Å². The van der Waals surface area contributed by atoms with E-state index in [1.165, 1.54) is 6.33 Å². The second-order valence-corrected chi connectivity index (χ2v) is 7.07. The maximum absolute atomic E-state index is 9.40. The van der Waals surface area contributed by atoms with E-state index in [1.54, 1.807) is 23.7 Å². The molecule has 0 bridgehead atoms. The van der Waals surface area contributed by atoms with Gasteiger partial charge in [-0.05, 0) is 41.3 Å². The lowest BCUT2D eigenvalue weighted by molar-refractivity contribution is 0.282. The van der Waals surface area contributed by atoms with Crippen molar-refractivity contribution in [2.24, 2.45) is 10.2 Å². The first-order valence-corrected chi connectivity index (χ1v) is 9.28. The van der Waals surface area contributed by atoms with Gasteiger partial charge in [-0.25, -0.2) is 9.97 Å². The molecular weight excluding hydrogens is 358 g/mol. The zero-order valence-electron chi connectivity index (χ0n) is 14.7. The summed E-state index contributed by atoms with van der Waals surface area (Å²) >= 11 is 1.60. The van der Waals surface area contributed by atoms with Gasteiger partial charge in [-0.1, -0.05) is 24.3 Å². The number of aromatic nitrogens is 3. The van der Waals surface area contributed by atoms with Gasteiger partial charge in [0, 0.05) is 17.3 Å². The van der Waals surface area contributed by atoms with Crippen LogP contribution in [-0.2, 0) is 13.2 Å². The Morgan fingerprint density at radius 3 is 2.81 bits per heavy atom. The van der Waals surface area contributed by atoms with Crippen LogP contribution >= 0.6 is 11.3 Å². The van der Waals surface area contributed by atoms with Crippen LogP contribution in [0.3, 0.4) is 0 Å². The molecule has 0 unspecified atom stereocenters. The Balaban J connectivity index is 1.71. The molecule has 3 aromatic heterocycles. The minimum absolute atomic E-state index is 0.0192. The van der Waals surface area contributed by atoms with Crippen molar-refractivity contribution in [3.63, 3.8) is 0 Å². The number of aryl methyl sites for hydroxylation is 1. The Kier molecular flexibility index (Phi) is 4.95. The fourth-order valence-electron chi connectivity index (χ4n) is 2.84. The number of aliphatic hydroxyl groups excluding tert-OH is 1. The monoisotopic (exact) mass is 375 g/mol. The van der Waals surface area contributed by atoms with Gasteiger partial charge in [0.1, 0.15) is 11.0 Å². The summed E-state index contributed by atoms with van der Waals surface area (Å²) in [7, 11) is 0. The summed E-state index contributed by atoms with van der Waals surface area (Å²) in [6.45, 7) is 2.52. The Labute approximate surface area is 160 Å². The van der Waals surface area contributed by atoms with Crippen LogP contribution in [0.15, 0.2) is 65.3 Å². The van der Waals surface area contributed by atoms with E-state index in [0.29, 0.717) is 12.4 Å². The molecule has 4 rings (SSSR count). The number of azo groups is 1. The predicted molar refractivity (Wildman–Crippen MR) is 106 cm³/mol. The molecule has 0 radical (unpaired) electrons. The molecule has 0 fully saturated rings. The molecule has 0 saturated carbocycles. The standard InChI is InChI=1S/C20H17N5OS/c1-13-17-19(27-18(13)16-6-2-4-14(8-16)11-26)20(23-12-22-17)25-24-10-15-5-3-7-21-9-15/h2-9,12,26H,10-11H2,1H3. The van der Waals surface area contributed by atoms with Crippen molar-refractivity contribution in [1.82, 2.24) is 15.0 Å². The SMILES string of the molecule is Cc1c(-c2cccc(CO)c2)sc2c(N=NCc3cccnc3)ncnc12. The molecule has 0 amide bonds. The zero-order chi connectivity index (χ0) is 18.6. The van der Waals surface area contributed by atoms with E-state index in [0.717, 1.165) is 37.3 Å². The molecule has 4 aromatic rings. The number of pyridine rings is 1. The lowest BCUT2D eigenvalue weighted by Crippen LogP contribution is -1.84. The highest BCUT2D eigenvalue weighted by Gasteiger charge is 2.15. The second-order valence-electron chi connectivity index (χ2n) is 6.05. The van der Waals surface area contributed by atoms with Crippen LogP contribution in [-0.4, -0.2) is 20.1 Å². The third kappa shape index (κ3) is 3.60. The number of aliphatic hydroxyl groups is 1. The van der Waals surface area contributed by atoms with Crippen LogP contribution in [0, 0.1) is 6.92 Å². The van der Waals surface area contributed by atoms with Gasteiger partial charge in [0.25, 0.3) is 0 Å². The molecule has 0 aliphatic rings. The van der Waals surface area contributed by atoms with Crippen LogP contribution in [0.1, 0.15) is 16.7 Å². The Hall–Kier alpha value is -3.03. The van der Waals surface area contributed by atoms with E-state index >= 15 is 0 Å². The lowest BCUT2D eigenvalue weighted by atomic mass is 10.1. The van der Waals surface area contributed by atoms with Gasteiger partial charge in [0.2, 0.25) is 0 Å². The first kappa shape index (κ1) is 17.4. The Morgan fingerprint density at radius 2 is 2.00 bits per heavy atom. The largest absolute Gasteiger partial charge is 0.392 e. The molecular formula is C20H17N5OS.